The lowest BCUT2D eigenvalue weighted by atomic mass is 10.4. The first-order valence-electron chi connectivity index (χ1n) is 5.86. The monoisotopic (exact) mass is 331 g/mol. The van der Waals surface area contributed by atoms with Crippen LogP contribution in [0.15, 0.2) is 40.2 Å². The Morgan fingerprint density at radius 3 is 2.38 bits per heavy atom. The summed E-state index contributed by atoms with van der Waals surface area (Å²) in [6.07, 6.45) is 0.501. The Morgan fingerprint density at radius 1 is 1.29 bits per heavy atom. The van der Waals surface area contributed by atoms with Crippen molar-refractivity contribution in [1.29, 1.82) is 5.41 Å². The van der Waals surface area contributed by atoms with Crippen LogP contribution in [0, 0.1) is 11.2 Å². The summed E-state index contributed by atoms with van der Waals surface area (Å²) in [6, 6.07) is 5.13. The summed E-state index contributed by atoms with van der Waals surface area (Å²) in [5, 5.41) is 7.76. The van der Waals surface area contributed by atoms with Crippen LogP contribution in [0.25, 0.3) is 0 Å². The molecule has 2 rings (SSSR count). The molecule has 21 heavy (non-hydrogen) atoms. The second kappa shape index (κ2) is 5.45. The molecule has 0 atom stereocenters. The highest BCUT2D eigenvalue weighted by Crippen LogP contribution is 2.15. The Morgan fingerprint density at radius 2 is 1.86 bits per heavy atom. The molecule has 1 heterocycles. The average molecular weight is 332 g/mol. The maximum absolute atomic E-state index is 13.7. The number of rotatable bonds is 3. The lowest BCUT2D eigenvalue weighted by Gasteiger charge is -2.11. The number of aromatic nitrogens is 2. The molecule has 0 aliphatic heterocycles. The summed E-state index contributed by atoms with van der Waals surface area (Å²) < 4.78 is 39.4. The van der Waals surface area contributed by atoms with E-state index in [1.165, 1.54) is 31.2 Å². The molecule has 0 saturated carbocycles. The van der Waals surface area contributed by atoms with Gasteiger partial charge in [-0.3, -0.25) is 9.98 Å². The molecular weight excluding hydrogens is 321 g/mol. The Balaban J connectivity index is 2.77. The van der Waals surface area contributed by atoms with Gasteiger partial charge in [-0.05, 0) is 31.2 Å². The fourth-order valence-corrected chi connectivity index (χ4v) is 3.12. The summed E-state index contributed by atoms with van der Waals surface area (Å²) in [6.45, 7) is 1.49. The van der Waals surface area contributed by atoms with E-state index < -0.39 is 27.0 Å². The Bertz CT molecular complexity index is 901. The van der Waals surface area contributed by atoms with Gasteiger partial charge >= 0.3 is 5.69 Å². The lowest BCUT2D eigenvalue weighted by Crippen LogP contribution is -2.43. The van der Waals surface area contributed by atoms with Crippen molar-refractivity contribution >= 4 is 21.6 Å². The zero-order valence-electron chi connectivity index (χ0n) is 10.9. The normalized spacial score (nSPS) is 11.6. The van der Waals surface area contributed by atoms with Gasteiger partial charge in [0.2, 0.25) is 0 Å². The van der Waals surface area contributed by atoms with Crippen molar-refractivity contribution in [3.63, 3.8) is 0 Å². The number of nitrogens with one attached hydrogen (secondary N) is 1. The Kier molecular flexibility index (Phi) is 4.02. The molecular formula is C12H11ClFN3O3S. The van der Waals surface area contributed by atoms with Crippen molar-refractivity contribution < 1.29 is 12.8 Å². The SMILES string of the molecule is CCn1c(=N)c(F)cn(S(=O)(=O)c2ccc(Cl)cc2)c1=O. The maximum atomic E-state index is 13.7. The van der Waals surface area contributed by atoms with Gasteiger partial charge in [-0.15, -0.1) is 0 Å². The van der Waals surface area contributed by atoms with Crippen LogP contribution in [0.4, 0.5) is 4.39 Å². The van der Waals surface area contributed by atoms with Gasteiger partial charge in [0.05, 0.1) is 11.1 Å². The van der Waals surface area contributed by atoms with Gasteiger partial charge in [0.1, 0.15) is 0 Å². The minimum atomic E-state index is -4.26. The Hall–Kier alpha value is -1.93. The molecule has 0 amide bonds. The topological polar surface area (TPSA) is 84.9 Å². The predicted molar refractivity (Wildman–Crippen MR) is 74.2 cm³/mol. The molecule has 0 fully saturated rings. The first-order valence-corrected chi connectivity index (χ1v) is 7.68. The van der Waals surface area contributed by atoms with Gasteiger partial charge in [0, 0.05) is 11.6 Å². The second-order valence-corrected chi connectivity index (χ2v) is 6.36. The van der Waals surface area contributed by atoms with Gasteiger partial charge in [0.15, 0.2) is 11.3 Å². The number of hydrogen-bond acceptors (Lipinski definition) is 4. The highest BCUT2D eigenvalue weighted by molar-refractivity contribution is 7.90. The van der Waals surface area contributed by atoms with Crippen LogP contribution in [0.3, 0.4) is 0 Å². The number of halogens is 2. The first-order chi connectivity index (χ1) is 9.78. The molecule has 0 saturated heterocycles. The van der Waals surface area contributed by atoms with E-state index in [1.807, 2.05) is 0 Å². The van der Waals surface area contributed by atoms with Crippen LogP contribution in [0.2, 0.25) is 5.02 Å². The van der Waals surface area contributed by atoms with E-state index in [-0.39, 0.29) is 15.4 Å². The quantitative estimate of drug-likeness (QED) is 0.916. The van der Waals surface area contributed by atoms with Crippen LogP contribution < -0.4 is 11.2 Å². The lowest BCUT2D eigenvalue weighted by molar-refractivity contribution is 0.516. The third-order valence-electron chi connectivity index (χ3n) is 2.83. The molecule has 2 aromatic rings. The summed E-state index contributed by atoms with van der Waals surface area (Å²) >= 11 is 5.68. The molecule has 0 aliphatic carbocycles. The largest absolute Gasteiger partial charge is 0.343 e. The average Bonchev–Trinajstić information content (AvgIpc) is 2.44. The number of hydrogen-bond donors (Lipinski definition) is 1. The highest BCUT2D eigenvalue weighted by Gasteiger charge is 2.21. The van der Waals surface area contributed by atoms with E-state index in [0.29, 0.717) is 11.2 Å². The van der Waals surface area contributed by atoms with Crippen molar-refractivity contribution in [3.8, 4) is 0 Å². The smallest absolute Gasteiger partial charge is 0.282 e. The minimum Gasteiger partial charge on any atom is -0.282 e. The predicted octanol–water partition coefficient (Wildman–Crippen LogP) is 1.18. The van der Waals surface area contributed by atoms with Gasteiger partial charge in [-0.25, -0.2) is 17.6 Å². The molecule has 6 nitrogen and oxygen atoms in total. The van der Waals surface area contributed by atoms with E-state index >= 15 is 0 Å². The minimum absolute atomic E-state index is 0.0223. The van der Waals surface area contributed by atoms with Crippen molar-refractivity contribution in [2.75, 3.05) is 0 Å². The van der Waals surface area contributed by atoms with E-state index in [2.05, 4.69) is 0 Å². The molecule has 0 unspecified atom stereocenters. The van der Waals surface area contributed by atoms with Crippen LogP contribution in [0.1, 0.15) is 6.92 Å². The van der Waals surface area contributed by atoms with Crippen LogP contribution in [0.5, 0.6) is 0 Å². The van der Waals surface area contributed by atoms with Crippen molar-refractivity contribution in [3.05, 3.63) is 57.3 Å². The molecule has 0 aliphatic rings. The van der Waals surface area contributed by atoms with Crippen LogP contribution in [-0.2, 0) is 16.6 Å². The summed E-state index contributed by atoms with van der Waals surface area (Å²) in [5.74, 6) is -1.10. The summed E-state index contributed by atoms with van der Waals surface area (Å²) in [5.41, 5.74) is -1.66. The fraction of sp³-hybridized carbons (Fsp3) is 0.167. The van der Waals surface area contributed by atoms with E-state index in [1.54, 1.807) is 0 Å². The number of nitrogens with zero attached hydrogens (tertiary/aromatic N) is 2. The summed E-state index contributed by atoms with van der Waals surface area (Å²) in [7, 11) is -4.26. The van der Waals surface area contributed by atoms with Crippen molar-refractivity contribution in [2.24, 2.45) is 0 Å². The third-order valence-corrected chi connectivity index (χ3v) is 4.73. The van der Waals surface area contributed by atoms with Crippen LogP contribution in [-0.4, -0.2) is 17.0 Å². The maximum Gasteiger partial charge on any atom is 0.343 e. The van der Waals surface area contributed by atoms with Crippen molar-refractivity contribution in [1.82, 2.24) is 8.54 Å². The van der Waals surface area contributed by atoms with Gasteiger partial charge in [0.25, 0.3) is 10.0 Å². The van der Waals surface area contributed by atoms with E-state index in [0.717, 1.165) is 4.57 Å². The first kappa shape index (κ1) is 15.5. The zero-order chi connectivity index (χ0) is 15.8. The van der Waals surface area contributed by atoms with Gasteiger partial charge in [-0.2, -0.15) is 3.97 Å². The summed E-state index contributed by atoms with van der Waals surface area (Å²) in [4.78, 5) is 11.9. The van der Waals surface area contributed by atoms with Crippen molar-refractivity contribution in [2.45, 2.75) is 18.4 Å². The molecule has 0 bridgehead atoms. The zero-order valence-corrected chi connectivity index (χ0v) is 12.4. The standard InChI is InChI=1S/C12H11ClFN3O3S/c1-2-16-11(15)10(14)7-17(12(16)18)21(19,20)9-5-3-8(13)4-6-9/h3-7,15H,2H2,1H3. The molecule has 1 aromatic heterocycles. The van der Waals surface area contributed by atoms with E-state index in [9.17, 15) is 17.6 Å². The molecule has 0 radical (unpaired) electrons. The molecule has 1 N–H and O–H groups in total. The Labute approximate surface area is 124 Å². The molecule has 9 heteroatoms. The number of benzene rings is 1. The molecule has 1 aromatic carbocycles. The second-order valence-electron chi connectivity index (χ2n) is 4.11. The molecule has 112 valence electrons. The van der Waals surface area contributed by atoms with E-state index in [4.69, 9.17) is 17.0 Å². The van der Waals surface area contributed by atoms with Gasteiger partial charge < -0.3 is 0 Å². The van der Waals surface area contributed by atoms with Crippen LogP contribution >= 0.6 is 11.6 Å². The third kappa shape index (κ3) is 2.64. The fourth-order valence-electron chi connectivity index (χ4n) is 1.75. The molecule has 0 spiro atoms. The highest BCUT2D eigenvalue weighted by atomic mass is 35.5. The van der Waals surface area contributed by atoms with Gasteiger partial charge in [-0.1, -0.05) is 11.6 Å².